The summed E-state index contributed by atoms with van der Waals surface area (Å²) in [5.74, 6) is 0. The maximum Gasteiger partial charge on any atom is 0.144 e. The van der Waals surface area contributed by atoms with Gasteiger partial charge in [0.1, 0.15) is 11.2 Å². The Kier molecular flexibility index (Phi) is 5.01. The van der Waals surface area contributed by atoms with E-state index >= 15 is 0 Å². The molecule has 37 heavy (non-hydrogen) atoms. The molecule has 2 nitrogen and oxygen atoms in total. The molecule has 0 bridgehead atoms. The van der Waals surface area contributed by atoms with Crippen molar-refractivity contribution in [3.63, 3.8) is 0 Å². The fraction of sp³-hybridized carbons (Fsp3) is 0.265. The van der Waals surface area contributed by atoms with Gasteiger partial charge in [0.05, 0.1) is 5.69 Å². The molecule has 0 radical (unpaired) electrons. The zero-order valence-electron chi connectivity index (χ0n) is 24.5. The van der Waals surface area contributed by atoms with Crippen molar-refractivity contribution in [2.24, 2.45) is 5.41 Å². The fourth-order valence-electron chi connectivity index (χ4n) is 5.46. The van der Waals surface area contributed by atoms with Gasteiger partial charge in [0.25, 0.3) is 0 Å². The number of aromatic nitrogens is 1. The van der Waals surface area contributed by atoms with E-state index < -0.39 is 11.8 Å². The molecule has 0 saturated heterocycles. The number of furan rings is 1. The van der Waals surface area contributed by atoms with E-state index in [0.29, 0.717) is 5.56 Å². The van der Waals surface area contributed by atoms with Crippen molar-refractivity contribution in [3.05, 3.63) is 87.9 Å². The topological polar surface area (TPSA) is 26.0 Å². The van der Waals surface area contributed by atoms with E-state index in [4.69, 9.17) is 12.1 Å². The average molecular weight is 506 g/mol. The van der Waals surface area contributed by atoms with E-state index in [2.05, 4.69) is 82.3 Å². The van der Waals surface area contributed by atoms with Gasteiger partial charge in [-0.15, -0.1) is 11.3 Å². The fourth-order valence-corrected chi connectivity index (χ4v) is 6.52. The Morgan fingerprint density at radius 1 is 0.865 bits per heavy atom. The van der Waals surface area contributed by atoms with Gasteiger partial charge < -0.3 is 4.42 Å². The highest BCUT2D eigenvalue weighted by Gasteiger charge is 2.21. The average Bonchev–Trinajstić information content (AvgIpc) is 3.39. The Hall–Kier alpha value is -3.43. The lowest BCUT2D eigenvalue weighted by atomic mass is 9.83. The Labute approximate surface area is 225 Å². The van der Waals surface area contributed by atoms with Crippen LogP contribution in [0.5, 0.6) is 0 Å². The van der Waals surface area contributed by atoms with Crippen molar-refractivity contribution < 1.29 is 7.16 Å². The predicted octanol–water partition coefficient (Wildman–Crippen LogP) is 10.4. The van der Waals surface area contributed by atoms with Gasteiger partial charge in [-0.05, 0) is 97.1 Å². The molecule has 6 aromatic rings. The number of rotatable bonds is 3. The lowest BCUT2D eigenvalue weighted by Gasteiger charge is -2.22. The van der Waals surface area contributed by atoms with Crippen molar-refractivity contribution in [2.45, 2.75) is 54.8 Å². The number of thiophene rings is 1. The highest BCUT2D eigenvalue weighted by Crippen LogP contribution is 2.43. The van der Waals surface area contributed by atoms with E-state index in [1.54, 1.807) is 17.5 Å². The van der Waals surface area contributed by atoms with Crippen LogP contribution in [0.4, 0.5) is 0 Å². The summed E-state index contributed by atoms with van der Waals surface area (Å²) in [6, 6.07) is 18.9. The van der Waals surface area contributed by atoms with Crippen LogP contribution in [0, 0.1) is 33.1 Å². The van der Waals surface area contributed by atoms with Gasteiger partial charge in [-0.2, -0.15) is 0 Å². The first kappa shape index (κ1) is 21.6. The molecule has 0 N–H and O–H groups in total. The summed E-state index contributed by atoms with van der Waals surface area (Å²) in [6.45, 7) is 14.3. The van der Waals surface area contributed by atoms with Crippen LogP contribution in [0.3, 0.4) is 0 Å². The monoisotopic (exact) mass is 505 g/mol. The molecule has 0 amide bonds. The minimum absolute atomic E-state index is 0.609. The van der Waals surface area contributed by atoms with Gasteiger partial charge >= 0.3 is 0 Å². The Morgan fingerprint density at radius 3 is 2.30 bits per heavy atom. The third kappa shape index (κ3) is 3.97. The Bertz CT molecular complexity index is 1900. The molecule has 0 spiro atoms. The van der Waals surface area contributed by atoms with E-state index in [-0.39, 0.29) is 0 Å². The second-order valence-corrected chi connectivity index (χ2v) is 12.4. The van der Waals surface area contributed by atoms with Crippen LogP contribution in [0.15, 0.2) is 65.2 Å². The number of fused-ring (bicyclic) bond motifs is 5. The van der Waals surface area contributed by atoms with E-state index in [1.807, 2.05) is 20.8 Å². The van der Waals surface area contributed by atoms with Crippen molar-refractivity contribution >= 4 is 43.4 Å². The molecule has 0 aliphatic heterocycles. The minimum atomic E-state index is -1.59. The first-order valence-corrected chi connectivity index (χ1v) is 13.6. The van der Waals surface area contributed by atoms with Gasteiger partial charge in [-0.25, -0.2) is 0 Å². The van der Waals surface area contributed by atoms with Crippen LogP contribution in [-0.2, 0) is 6.37 Å². The van der Waals surface area contributed by atoms with Crippen molar-refractivity contribution in [3.8, 4) is 22.4 Å². The van der Waals surface area contributed by atoms with Crippen molar-refractivity contribution in [1.82, 2.24) is 4.98 Å². The molecule has 6 rings (SSSR count). The SMILES string of the molecule is [2H]C([2H])(c1cnc(-c2cccc3c2oc2c3ccc3sc(C)c(C)c32)cc1-c1c(C)cccc1C)C(C)(C)C. The van der Waals surface area contributed by atoms with E-state index in [9.17, 15) is 0 Å². The van der Waals surface area contributed by atoms with Crippen LogP contribution in [0.2, 0.25) is 0 Å². The maximum atomic E-state index is 9.14. The molecule has 0 saturated carbocycles. The number of nitrogens with zero attached hydrogens (tertiary/aromatic N) is 1. The molecule has 3 aromatic carbocycles. The van der Waals surface area contributed by atoms with Gasteiger partial charge in [0.15, 0.2) is 0 Å². The normalized spacial score (nSPS) is 13.5. The summed E-state index contributed by atoms with van der Waals surface area (Å²) in [4.78, 5) is 6.19. The van der Waals surface area contributed by atoms with E-state index in [0.717, 1.165) is 55.4 Å². The zero-order valence-corrected chi connectivity index (χ0v) is 23.4. The molecule has 186 valence electrons. The minimum Gasteiger partial charge on any atom is -0.455 e. The Balaban J connectivity index is 1.66. The Morgan fingerprint density at radius 2 is 1.57 bits per heavy atom. The standard InChI is InChI=1S/C34H33NOS/c1-19-10-8-11-20(2)30(19)27-16-28(35-18-23(27)17-34(5,6)7)26-13-9-12-24-25-14-15-29-31(21(3)22(4)37-29)33(25)36-32(24)26/h8-16,18H,17H2,1-7H3/i17D2. The van der Waals surface area contributed by atoms with Gasteiger partial charge in [-0.3, -0.25) is 4.98 Å². The number of benzene rings is 3. The third-order valence-electron chi connectivity index (χ3n) is 7.23. The second-order valence-electron chi connectivity index (χ2n) is 11.1. The van der Waals surface area contributed by atoms with Gasteiger partial charge in [-0.1, -0.05) is 51.1 Å². The van der Waals surface area contributed by atoms with Crippen LogP contribution < -0.4 is 0 Å². The zero-order chi connectivity index (χ0) is 27.9. The summed E-state index contributed by atoms with van der Waals surface area (Å²) in [7, 11) is 0. The lowest BCUT2D eigenvalue weighted by molar-refractivity contribution is 0.411. The van der Waals surface area contributed by atoms with E-state index in [1.165, 1.54) is 20.5 Å². The molecule has 3 heteroatoms. The van der Waals surface area contributed by atoms with Gasteiger partial charge in [0.2, 0.25) is 0 Å². The van der Waals surface area contributed by atoms with Crippen LogP contribution >= 0.6 is 11.3 Å². The predicted molar refractivity (Wildman–Crippen MR) is 160 cm³/mol. The summed E-state index contributed by atoms with van der Waals surface area (Å²) in [5.41, 5.74) is 8.88. The molecule has 3 aromatic heterocycles. The first-order chi connectivity index (χ1) is 18.4. The number of pyridine rings is 1. The highest BCUT2D eigenvalue weighted by atomic mass is 32.1. The van der Waals surface area contributed by atoms with Crippen molar-refractivity contribution in [2.75, 3.05) is 0 Å². The molecule has 3 heterocycles. The molecule has 0 fully saturated rings. The number of para-hydroxylation sites is 1. The van der Waals surface area contributed by atoms with Crippen molar-refractivity contribution in [1.29, 1.82) is 0 Å². The summed E-state index contributed by atoms with van der Waals surface area (Å²) < 4.78 is 26.2. The summed E-state index contributed by atoms with van der Waals surface area (Å²) in [5, 5.41) is 3.36. The molecule has 0 atom stereocenters. The van der Waals surface area contributed by atoms with Crippen LogP contribution in [-0.4, -0.2) is 4.98 Å². The lowest BCUT2D eigenvalue weighted by Crippen LogP contribution is -2.11. The van der Waals surface area contributed by atoms with Crippen LogP contribution in [0.1, 0.15) is 50.6 Å². The third-order valence-corrected chi connectivity index (χ3v) is 8.41. The quantitative estimate of drug-likeness (QED) is 0.239. The highest BCUT2D eigenvalue weighted by molar-refractivity contribution is 7.19. The number of hydrogen-bond donors (Lipinski definition) is 0. The van der Waals surface area contributed by atoms with Crippen LogP contribution in [0.25, 0.3) is 54.4 Å². The largest absolute Gasteiger partial charge is 0.455 e. The number of aryl methyl sites for hydroxylation is 4. The summed E-state index contributed by atoms with van der Waals surface area (Å²) in [6.07, 6.45) is 0.155. The first-order valence-electron chi connectivity index (χ1n) is 13.8. The maximum absolute atomic E-state index is 9.14. The molecule has 0 aliphatic carbocycles. The molecular weight excluding hydrogens is 470 g/mol. The summed E-state index contributed by atoms with van der Waals surface area (Å²) >= 11 is 1.80. The molecular formula is C34H33NOS. The molecule has 0 aliphatic rings. The second kappa shape index (κ2) is 8.56. The smallest absolute Gasteiger partial charge is 0.144 e. The van der Waals surface area contributed by atoms with Gasteiger partial charge in [0, 0.05) is 40.2 Å². The number of hydrogen-bond acceptors (Lipinski definition) is 3. The molecule has 0 unspecified atom stereocenters.